The van der Waals surface area contributed by atoms with Crippen LogP contribution in [0.25, 0.3) is 11.2 Å². The van der Waals surface area contributed by atoms with Crippen LogP contribution in [0, 0.1) is 0 Å². The summed E-state index contributed by atoms with van der Waals surface area (Å²) in [5.74, 6) is 0.583. The first kappa shape index (κ1) is 14.1. The molecule has 0 saturated heterocycles. The standard InChI is InChI=1S/C13H19N5O2/c1-5-7-14-12-15-10-9(18(12)8-6-2)11(19)17(4)13(20)16(10)3/h5H,1,6-8H2,2-4H3,(H,14,15). The molecule has 1 N–H and O–H groups in total. The molecule has 7 heteroatoms. The van der Waals surface area contributed by atoms with Gasteiger partial charge in [-0.15, -0.1) is 6.58 Å². The highest BCUT2D eigenvalue weighted by Crippen LogP contribution is 2.15. The number of nitrogens with zero attached hydrogens (tertiary/aromatic N) is 4. The molecule has 2 heterocycles. The van der Waals surface area contributed by atoms with Crippen LogP contribution in [0.5, 0.6) is 0 Å². The molecular weight excluding hydrogens is 258 g/mol. The maximum absolute atomic E-state index is 12.3. The van der Waals surface area contributed by atoms with Crippen LogP contribution in [0.2, 0.25) is 0 Å². The first-order valence-corrected chi connectivity index (χ1v) is 6.53. The molecular formula is C13H19N5O2. The molecule has 0 aromatic carbocycles. The molecule has 0 aliphatic heterocycles. The maximum atomic E-state index is 12.3. The zero-order valence-corrected chi connectivity index (χ0v) is 12.0. The summed E-state index contributed by atoms with van der Waals surface area (Å²) in [5, 5.41) is 3.10. The number of aromatic nitrogens is 4. The van der Waals surface area contributed by atoms with E-state index in [1.807, 2.05) is 11.5 Å². The van der Waals surface area contributed by atoms with Gasteiger partial charge in [0.15, 0.2) is 11.2 Å². The summed E-state index contributed by atoms with van der Waals surface area (Å²) in [6.45, 7) is 6.87. The van der Waals surface area contributed by atoms with Gasteiger partial charge in [0.1, 0.15) is 0 Å². The van der Waals surface area contributed by atoms with Gasteiger partial charge in [0.2, 0.25) is 5.95 Å². The minimum absolute atomic E-state index is 0.323. The minimum Gasteiger partial charge on any atom is -0.352 e. The molecule has 0 bridgehead atoms. The van der Waals surface area contributed by atoms with E-state index in [9.17, 15) is 9.59 Å². The van der Waals surface area contributed by atoms with E-state index in [0.29, 0.717) is 30.2 Å². The number of anilines is 1. The van der Waals surface area contributed by atoms with Gasteiger partial charge >= 0.3 is 5.69 Å². The highest BCUT2D eigenvalue weighted by molar-refractivity contribution is 5.74. The van der Waals surface area contributed by atoms with E-state index in [1.165, 1.54) is 11.6 Å². The summed E-state index contributed by atoms with van der Waals surface area (Å²) in [6, 6.07) is 0. The van der Waals surface area contributed by atoms with Gasteiger partial charge in [0.05, 0.1) is 0 Å². The third-order valence-electron chi connectivity index (χ3n) is 3.20. The van der Waals surface area contributed by atoms with Gasteiger partial charge in [-0.2, -0.15) is 4.98 Å². The number of fused-ring (bicyclic) bond motifs is 1. The Kier molecular flexibility index (Phi) is 3.78. The Morgan fingerprint density at radius 2 is 2.00 bits per heavy atom. The molecule has 2 aromatic heterocycles. The highest BCUT2D eigenvalue weighted by Gasteiger charge is 2.18. The molecule has 108 valence electrons. The lowest BCUT2D eigenvalue weighted by atomic mass is 10.4. The van der Waals surface area contributed by atoms with Gasteiger partial charge < -0.3 is 9.88 Å². The van der Waals surface area contributed by atoms with Crippen LogP contribution in [-0.4, -0.2) is 25.2 Å². The molecule has 0 unspecified atom stereocenters. The van der Waals surface area contributed by atoms with Crippen molar-refractivity contribution in [2.24, 2.45) is 14.1 Å². The van der Waals surface area contributed by atoms with Crippen LogP contribution in [-0.2, 0) is 20.6 Å². The zero-order chi connectivity index (χ0) is 14.9. The lowest BCUT2D eigenvalue weighted by Crippen LogP contribution is -2.37. The second-order valence-corrected chi connectivity index (χ2v) is 4.63. The number of nitrogens with one attached hydrogen (secondary N) is 1. The van der Waals surface area contributed by atoms with E-state index in [0.717, 1.165) is 11.0 Å². The Morgan fingerprint density at radius 1 is 1.30 bits per heavy atom. The van der Waals surface area contributed by atoms with Crippen molar-refractivity contribution < 1.29 is 0 Å². The van der Waals surface area contributed by atoms with Gasteiger partial charge in [-0.1, -0.05) is 13.0 Å². The Balaban J connectivity index is 2.84. The van der Waals surface area contributed by atoms with E-state index in [1.54, 1.807) is 13.1 Å². The first-order valence-electron chi connectivity index (χ1n) is 6.53. The van der Waals surface area contributed by atoms with Crippen molar-refractivity contribution in [3.05, 3.63) is 33.5 Å². The van der Waals surface area contributed by atoms with Crippen molar-refractivity contribution in [2.75, 3.05) is 11.9 Å². The summed E-state index contributed by atoms with van der Waals surface area (Å²) in [7, 11) is 3.09. The van der Waals surface area contributed by atoms with Gasteiger partial charge in [-0.25, -0.2) is 4.79 Å². The van der Waals surface area contributed by atoms with E-state index >= 15 is 0 Å². The topological polar surface area (TPSA) is 73.8 Å². The van der Waals surface area contributed by atoms with Crippen molar-refractivity contribution in [3.8, 4) is 0 Å². The SMILES string of the molecule is C=CCNc1nc2c(c(=O)n(C)c(=O)n2C)n1CCC. The third-order valence-corrected chi connectivity index (χ3v) is 3.20. The predicted octanol–water partition coefficient (Wildman–Crippen LogP) is 0.442. The van der Waals surface area contributed by atoms with Crippen LogP contribution >= 0.6 is 0 Å². The Labute approximate surface area is 116 Å². The smallest absolute Gasteiger partial charge is 0.332 e. The van der Waals surface area contributed by atoms with E-state index in [2.05, 4.69) is 16.9 Å². The quantitative estimate of drug-likeness (QED) is 0.805. The lowest BCUT2D eigenvalue weighted by molar-refractivity contribution is 0.679. The van der Waals surface area contributed by atoms with Crippen LogP contribution < -0.4 is 16.6 Å². The van der Waals surface area contributed by atoms with Crippen molar-refractivity contribution in [1.82, 2.24) is 18.7 Å². The number of rotatable bonds is 5. The molecule has 0 fully saturated rings. The molecule has 0 spiro atoms. The molecule has 2 rings (SSSR count). The molecule has 0 atom stereocenters. The summed E-state index contributed by atoms with van der Waals surface area (Å²) >= 11 is 0. The largest absolute Gasteiger partial charge is 0.352 e. The Morgan fingerprint density at radius 3 is 2.60 bits per heavy atom. The second kappa shape index (κ2) is 5.36. The third kappa shape index (κ3) is 2.04. The fourth-order valence-corrected chi connectivity index (χ4v) is 2.19. The molecule has 7 nitrogen and oxygen atoms in total. The summed E-state index contributed by atoms with van der Waals surface area (Å²) in [4.78, 5) is 28.6. The fourth-order valence-electron chi connectivity index (χ4n) is 2.19. The molecule has 0 aliphatic carbocycles. The van der Waals surface area contributed by atoms with Gasteiger partial charge in [0, 0.05) is 27.2 Å². The highest BCUT2D eigenvalue weighted by atomic mass is 16.2. The maximum Gasteiger partial charge on any atom is 0.332 e. The number of hydrogen-bond donors (Lipinski definition) is 1. The van der Waals surface area contributed by atoms with E-state index < -0.39 is 0 Å². The molecule has 0 amide bonds. The average Bonchev–Trinajstić information content (AvgIpc) is 2.80. The molecule has 0 saturated carbocycles. The minimum atomic E-state index is -0.376. The van der Waals surface area contributed by atoms with Crippen molar-refractivity contribution >= 4 is 17.1 Å². The average molecular weight is 277 g/mol. The monoisotopic (exact) mass is 277 g/mol. The van der Waals surface area contributed by atoms with Gasteiger partial charge in [0.25, 0.3) is 5.56 Å². The number of aryl methyl sites for hydroxylation is 2. The van der Waals surface area contributed by atoms with Crippen molar-refractivity contribution in [3.63, 3.8) is 0 Å². The van der Waals surface area contributed by atoms with Gasteiger partial charge in [-0.3, -0.25) is 13.9 Å². The number of hydrogen-bond acceptors (Lipinski definition) is 4. The molecule has 0 radical (unpaired) electrons. The zero-order valence-electron chi connectivity index (χ0n) is 12.0. The normalized spacial score (nSPS) is 10.9. The first-order chi connectivity index (χ1) is 9.52. The lowest BCUT2D eigenvalue weighted by Gasteiger charge is -2.08. The Bertz CT molecular complexity index is 766. The summed E-state index contributed by atoms with van der Waals surface area (Å²) in [5.41, 5.74) is 0.149. The van der Waals surface area contributed by atoms with E-state index in [-0.39, 0.29) is 11.2 Å². The molecule has 0 aliphatic rings. The second-order valence-electron chi connectivity index (χ2n) is 4.63. The predicted molar refractivity (Wildman–Crippen MR) is 79.2 cm³/mol. The van der Waals surface area contributed by atoms with Crippen molar-refractivity contribution in [1.29, 1.82) is 0 Å². The van der Waals surface area contributed by atoms with Gasteiger partial charge in [-0.05, 0) is 6.42 Å². The Hall–Kier alpha value is -2.31. The van der Waals surface area contributed by atoms with Crippen LogP contribution in [0.4, 0.5) is 5.95 Å². The van der Waals surface area contributed by atoms with E-state index in [4.69, 9.17) is 0 Å². The molecule has 2 aromatic rings. The summed E-state index contributed by atoms with van der Waals surface area (Å²) < 4.78 is 4.32. The van der Waals surface area contributed by atoms with Crippen LogP contribution in [0.3, 0.4) is 0 Å². The van der Waals surface area contributed by atoms with Crippen LogP contribution in [0.15, 0.2) is 22.2 Å². The van der Waals surface area contributed by atoms with Crippen molar-refractivity contribution in [2.45, 2.75) is 19.9 Å². The molecule has 20 heavy (non-hydrogen) atoms. The number of imidazole rings is 1. The van der Waals surface area contributed by atoms with Crippen LogP contribution in [0.1, 0.15) is 13.3 Å². The fraction of sp³-hybridized carbons (Fsp3) is 0.462. The summed E-state index contributed by atoms with van der Waals surface area (Å²) in [6.07, 6.45) is 2.58.